The van der Waals surface area contributed by atoms with Gasteiger partial charge in [0.25, 0.3) is 0 Å². The maximum atomic E-state index is 11.4. The summed E-state index contributed by atoms with van der Waals surface area (Å²) in [6, 6.07) is 1.44. The maximum Gasteiger partial charge on any atom is 0.339 e. The van der Waals surface area contributed by atoms with E-state index in [4.69, 9.17) is 0 Å². The van der Waals surface area contributed by atoms with Crippen LogP contribution >= 0.6 is 0 Å². The molecule has 0 spiro atoms. The number of aryl methyl sites for hydroxylation is 2. The lowest BCUT2D eigenvalue weighted by Gasteiger charge is -2.08. The summed E-state index contributed by atoms with van der Waals surface area (Å²) in [7, 11) is 2.55. The number of hydrogen-bond acceptors (Lipinski definition) is 5. The van der Waals surface area contributed by atoms with Gasteiger partial charge in [0.2, 0.25) is 0 Å². The number of ether oxygens (including phenoxy) is 2. The van der Waals surface area contributed by atoms with Crippen LogP contribution in [0.2, 0.25) is 0 Å². The highest BCUT2D eigenvalue weighted by Crippen LogP contribution is 2.14. The Labute approximate surface area is 98.9 Å². The number of methoxy groups -OCH3 is 2. The molecular formula is C11H15NO5. The van der Waals surface area contributed by atoms with Gasteiger partial charge in [-0.05, 0) is 19.9 Å². The van der Waals surface area contributed by atoms with Gasteiger partial charge in [0.15, 0.2) is 0 Å². The van der Waals surface area contributed by atoms with Gasteiger partial charge in [-0.15, -0.1) is 0 Å². The Morgan fingerprint density at radius 2 is 1.35 bits per heavy atom. The molecule has 0 aliphatic carbocycles. The lowest BCUT2D eigenvalue weighted by atomic mass is 10.1. The molecule has 94 valence electrons. The Kier molecular flexibility index (Phi) is 5.27. The zero-order chi connectivity index (χ0) is 12.3. The van der Waals surface area contributed by atoms with Crippen molar-refractivity contribution >= 4 is 11.9 Å². The highest BCUT2D eigenvalue weighted by molar-refractivity contribution is 5.96. The maximum absolute atomic E-state index is 11.4. The molecule has 0 saturated heterocycles. The lowest BCUT2D eigenvalue weighted by molar-refractivity contribution is 0.0597. The number of rotatable bonds is 2. The minimum atomic E-state index is -0.518. The molecule has 2 N–H and O–H groups in total. The molecule has 0 amide bonds. The van der Waals surface area contributed by atoms with E-state index < -0.39 is 11.9 Å². The summed E-state index contributed by atoms with van der Waals surface area (Å²) >= 11 is 0. The number of esters is 2. The first-order valence-electron chi connectivity index (χ1n) is 4.66. The van der Waals surface area contributed by atoms with Gasteiger partial charge in [-0.3, -0.25) is 4.98 Å². The average Bonchev–Trinajstić information content (AvgIpc) is 2.27. The summed E-state index contributed by atoms with van der Waals surface area (Å²) in [5, 5.41) is 0. The summed E-state index contributed by atoms with van der Waals surface area (Å²) in [6.45, 7) is 3.36. The van der Waals surface area contributed by atoms with Crippen molar-refractivity contribution in [3.8, 4) is 0 Å². The molecule has 1 aromatic rings. The normalized spacial score (nSPS) is 9.18. The molecule has 6 heteroatoms. The summed E-state index contributed by atoms with van der Waals surface area (Å²) in [5.74, 6) is -1.04. The predicted octanol–water partition coefficient (Wildman–Crippen LogP) is 0.447. The second kappa shape index (κ2) is 5.95. The number of nitrogens with zero attached hydrogens (tertiary/aromatic N) is 1. The fourth-order valence-electron chi connectivity index (χ4n) is 1.36. The minimum Gasteiger partial charge on any atom is -0.465 e. The molecule has 0 aliphatic heterocycles. The Morgan fingerprint density at radius 1 is 1.00 bits per heavy atom. The van der Waals surface area contributed by atoms with Crippen LogP contribution in [0, 0.1) is 13.8 Å². The molecular weight excluding hydrogens is 226 g/mol. The summed E-state index contributed by atoms with van der Waals surface area (Å²) in [5.41, 5.74) is 1.59. The molecule has 0 saturated carbocycles. The summed E-state index contributed by atoms with van der Waals surface area (Å²) in [6.07, 6.45) is 0. The Balaban J connectivity index is 0.00000256. The Morgan fingerprint density at radius 3 is 1.65 bits per heavy atom. The zero-order valence-electron chi connectivity index (χ0n) is 10.2. The van der Waals surface area contributed by atoms with Gasteiger partial charge < -0.3 is 14.9 Å². The molecule has 0 aromatic carbocycles. The van der Waals surface area contributed by atoms with Crippen LogP contribution in [-0.4, -0.2) is 36.6 Å². The van der Waals surface area contributed by atoms with Crippen molar-refractivity contribution in [1.82, 2.24) is 4.98 Å². The van der Waals surface area contributed by atoms with E-state index in [1.807, 2.05) is 0 Å². The number of carbonyl (C=O) groups is 2. The van der Waals surface area contributed by atoms with Crippen LogP contribution in [0.5, 0.6) is 0 Å². The number of carbonyl (C=O) groups excluding carboxylic acids is 2. The van der Waals surface area contributed by atoms with Crippen LogP contribution in [0.1, 0.15) is 32.1 Å². The van der Waals surface area contributed by atoms with Crippen LogP contribution < -0.4 is 0 Å². The quantitative estimate of drug-likeness (QED) is 0.700. The first-order valence-corrected chi connectivity index (χ1v) is 4.66. The third-order valence-electron chi connectivity index (χ3n) is 2.21. The fourth-order valence-corrected chi connectivity index (χ4v) is 1.36. The van der Waals surface area contributed by atoms with Gasteiger partial charge in [0, 0.05) is 0 Å². The molecule has 17 heavy (non-hydrogen) atoms. The topological polar surface area (TPSA) is 97.0 Å². The van der Waals surface area contributed by atoms with Crippen molar-refractivity contribution in [3.05, 3.63) is 28.6 Å². The number of hydrogen-bond donors (Lipinski definition) is 0. The van der Waals surface area contributed by atoms with Crippen LogP contribution in [0.4, 0.5) is 0 Å². The van der Waals surface area contributed by atoms with Gasteiger partial charge in [-0.1, -0.05) is 0 Å². The highest BCUT2D eigenvalue weighted by Gasteiger charge is 2.17. The van der Waals surface area contributed by atoms with Crippen molar-refractivity contribution in [2.45, 2.75) is 13.8 Å². The van der Waals surface area contributed by atoms with Crippen LogP contribution in [0.3, 0.4) is 0 Å². The second-order valence-corrected chi connectivity index (χ2v) is 3.24. The van der Waals surface area contributed by atoms with Crippen molar-refractivity contribution in [2.75, 3.05) is 14.2 Å². The van der Waals surface area contributed by atoms with E-state index in [1.54, 1.807) is 13.8 Å². The van der Waals surface area contributed by atoms with E-state index in [-0.39, 0.29) is 16.6 Å². The molecule has 0 bridgehead atoms. The van der Waals surface area contributed by atoms with E-state index in [2.05, 4.69) is 14.5 Å². The molecule has 6 nitrogen and oxygen atoms in total. The van der Waals surface area contributed by atoms with Crippen LogP contribution in [0.25, 0.3) is 0 Å². The monoisotopic (exact) mass is 241 g/mol. The predicted molar refractivity (Wildman–Crippen MR) is 60.0 cm³/mol. The summed E-state index contributed by atoms with van der Waals surface area (Å²) < 4.78 is 9.19. The lowest BCUT2D eigenvalue weighted by Crippen LogP contribution is -2.12. The van der Waals surface area contributed by atoms with Crippen molar-refractivity contribution in [2.24, 2.45) is 0 Å². The van der Waals surface area contributed by atoms with E-state index >= 15 is 0 Å². The number of aromatic nitrogens is 1. The van der Waals surface area contributed by atoms with Crippen LogP contribution in [0.15, 0.2) is 6.07 Å². The van der Waals surface area contributed by atoms with Gasteiger partial charge in [-0.2, -0.15) is 0 Å². The molecule has 1 rings (SSSR count). The molecule has 0 unspecified atom stereocenters. The third kappa shape index (κ3) is 3.01. The molecule has 0 aliphatic rings. The highest BCUT2D eigenvalue weighted by atomic mass is 16.5. The van der Waals surface area contributed by atoms with E-state index in [0.717, 1.165) is 0 Å². The second-order valence-electron chi connectivity index (χ2n) is 3.24. The molecule has 0 radical (unpaired) electrons. The Bertz CT molecular complexity index is 404. The standard InChI is InChI=1S/C11H13NO4.H2O/c1-6-8(10(13)15-3)5-9(7(2)12-6)11(14)16-4;/h5H,1-4H3;1H2. The van der Waals surface area contributed by atoms with Crippen molar-refractivity contribution in [1.29, 1.82) is 0 Å². The first-order chi connectivity index (χ1) is 7.51. The largest absolute Gasteiger partial charge is 0.465 e. The van der Waals surface area contributed by atoms with E-state index in [9.17, 15) is 9.59 Å². The molecule has 0 atom stereocenters. The van der Waals surface area contributed by atoms with E-state index in [0.29, 0.717) is 11.4 Å². The Hall–Kier alpha value is -1.95. The number of pyridine rings is 1. The smallest absolute Gasteiger partial charge is 0.339 e. The van der Waals surface area contributed by atoms with E-state index in [1.165, 1.54) is 20.3 Å². The summed E-state index contributed by atoms with van der Waals surface area (Å²) in [4.78, 5) is 26.9. The van der Waals surface area contributed by atoms with Crippen molar-refractivity contribution < 1.29 is 24.5 Å². The zero-order valence-corrected chi connectivity index (χ0v) is 10.2. The fraction of sp³-hybridized carbons (Fsp3) is 0.364. The SMILES string of the molecule is COC(=O)c1cc(C(=O)OC)c(C)nc1C.O. The minimum absolute atomic E-state index is 0. The van der Waals surface area contributed by atoms with Gasteiger partial charge in [-0.25, -0.2) is 9.59 Å². The molecule has 1 aromatic heterocycles. The first kappa shape index (κ1) is 15.0. The van der Waals surface area contributed by atoms with Gasteiger partial charge in [0.05, 0.1) is 36.7 Å². The third-order valence-corrected chi connectivity index (χ3v) is 2.21. The average molecular weight is 241 g/mol. The van der Waals surface area contributed by atoms with Gasteiger partial charge >= 0.3 is 11.9 Å². The van der Waals surface area contributed by atoms with Crippen molar-refractivity contribution in [3.63, 3.8) is 0 Å². The van der Waals surface area contributed by atoms with Crippen LogP contribution in [-0.2, 0) is 9.47 Å². The van der Waals surface area contributed by atoms with Gasteiger partial charge in [0.1, 0.15) is 0 Å². The molecule has 0 fully saturated rings. The molecule has 1 heterocycles.